The standard InChI is InChI=1S/C18H30N4O3S.HI/c1-14(2)22(4)26(23,24)17-9-7-15(8-10-17)12-20-18(19-3)21-13-16-6-5-11-25-16;/h7-10,14,16H,5-6,11-13H2,1-4H3,(H2,19,20,21);1H. The van der Waals surface area contributed by atoms with Crippen molar-refractivity contribution < 1.29 is 13.2 Å². The zero-order chi connectivity index (χ0) is 19.2. The van der Waals surface area contributed by atoms with Gasteiger partial charge in [0.05, 0.1) is 11.0 Å². The van der Waals surface area contributed by atoms with Crippen LogP contribution in [0.15, 0.2) is 34.2 Å². The van der Waals surface area contributed by atoms with Crippen LogP contribution in [0.1, 0.15) is 32.3 Å². The zero-order valence-corrected chi connectivity index (χ0v) is 19.6. The fourth-order valence-electron chi connectivity index (χ4n) is 2.65. The number of sulfonamides is 1. The topological polar surface area (TPSA) is 83.0 Å². The predicted molar refractivity (Wildman–Crippen MR) is 119 cm³/mol. The van der Waals surface area contributed by atoms with Gasteiger partial charge in [-0.1, -0.05) is 12.1 Å². The van der Waals surface area contributed by atoms with E-state index < -0.39 is 10.0 Å². The van der Waals surface area contributed by atoms with Crippen LogP contribution in [-0.2, 0) is 21.3 Å². The summed E-state index contributed by atoms with van der Waals surface area (Å²) >= 11 is 0. The molecule has 7 nitrogen and oxygen atoms in total. The van der Waals surface area contributed by atoms with Gasteiger partial charge in [0.1, 0.15) is 0 Å². The number of rotatable bonds is 7. The van der Waals surface area contributed by atoms with Crippen molar-refractivity contribution >= 4 is 40.0 Å². The summed E-state index contributed by atoms with van der Waals surface area (Å²) < 4.78 is 31.9. The number of ether oxygens (including phenoxy) is 1. The van der Waals surface area contributed by atoms with E-state index in [-0.39, 0.29) is 36.1 Å². The maximum Gasteiger partial charge on any atom is 0.243 e. The molecule has 9 heteroatoms. The van der Waals surface area contributed by atoms with Crippen LogP contribution >= 0.6 is 24.0 Å². The van der Waals surface area contributed by atoms with Gasteiger partial charge in [0.25, 0.3) is 0 Å². The molecule has 27 heavy (non-hydrogen) atoms. The lowest BCUT2D eigenvalue weighted by atomic mass is 10.2. The average molecular weight is 510 g/mol. The molecule has 154 valence electrons. The predicted octanol–water partition coefficient (Wildman–Crippen LogP) is 2.18. The highest BCUT2D eigenvalue weighted by atomic mass is 127. The summed E-state index contributed by atoms with van der Waals surface area (Å²) in [4.78, 5) is 4.50. The number of hydrogen-bond donors (Lipinski definition) is 2. The first-order valence-corrected chi connectivity index (χ1v) is 10.4. The van der Waals surface area contributed by atoms with E-state index >= 15 is 0 Å². The molecule has 1 aromatic rings. The fourth-order valence-corrected chi connectivity index (χ4v) is 4.01. The van der Waals surface area contributed by atoms with Gasteiger partial charge in [0, 0.05) is 39.8 Å². The van der Waals surface area contributed by atoms with Gasteiger partial charge in [-0.25, -0.2) is 8.42 Å². The number of nitrogens with zero attached hydrogens (tertiary/aromatic N) is 2. The monoisotopic (exact) mass is 510 g/mol. The van der Waals surface area contributed by atoms with E-state index in [0.717, 1.165) is 31.6 Å². The van der Waals surface area contributed by atoms with E-state index in [0.29, 0.717) is 17.4 Å². The SMILES string of the molecule is CN=C(NCc1ccc(S(=O)(=O)N(C)C(C)C)cc1)NCC1CCCO1.I. The van der Waals surface area contributed by atoms with E-state index in [9.17, 15) is 8.42 Å². The highest BCUT2D eigenvalue weighted by Crippen LogP contribution is 2.17. The van der Waals surface area contributed by atoms with Crippen LogP contribution in [0.25, 0.3) is 0 Å². The maximum absolute atomic E-state index is 12.5. The van der Waals surface area contributed by atoms with Gasteiger partial charge in [-0.2, -0.15) is 4.31 Å². The fraction of sp³-hybridized carbons (Fsp3) is 0.611. The number of aliphatic imine (C=N–C) groups is 1. The van der Waals surface area contributed by atoms with E-state index in [1.54, 1.807) is 26.2 Å². The molecule has 1 heterocycles. The van der Waals surface area contributed by atoms with Crippen molar-refractivity contribution in [1.29, 1.82) is 0 Å². The maximum atomic E-state index is 12.5. The molecule has 1 aromatic carbocycles. The molecule has 0 aromatic heterocycles. The highest BCUT2D eigenvalue weighted by molar-refractivity contribution is 14.0. The lowest BCUT2D eigenvalue weighted by Crippen LogP contribution is -2.40. The third kappa shape index (κ3) is 6.88. The van der Waals surface area contributed by atoms with E-state index in [2.05, 4.69) is 15.6 Å². The summed E-state index contributed by atoms with van der Waals surface area (Å²) in [6, 6.07) is 6.85. The first-order valence-electron chi connectivity index (χ1n) is 8.97. The number of guanidine groups is 1. The molecule has 1 aliphatic heterocycles. The molecule has 0 bridgehead atoms. The van der Waals surface area contributed by atoms with Crippen molar-refractivity contribution in [2.24, 2.45) is 4.99 Å². The number of hydrogen-bond acceptors (Lipinski definition) is 4. The molecular weight excluding hydrogens is 479 g/mol. The quantitative estimate of drug-likeness (QED) is 0.334. The molecule has 2 rings (SSSR count). The Balaban J connectivity index is 0.00000364. The molecule has 0 radical (unpaired) electrons. The van der Waals surface area contributed by atoms with Crippen LogP contribution in [0, 0.1) is 0 Å². The van der Waals surface area contributed by atoms with Crippen LogP contribution in [-0.4, -0.2) is 58.1 Å². The normalized spacial score (nSPS) is 17.9. The molecule has 2 N–H and O–H groups in total. The van der Waals surface area contributed by atoms with Gasteiger partial charge in [-0.15, -0.1) is 24.0 Å². The van der Waals surface area contributed by atoms with Crippen LogP contribution in [0.4, 0.5) is 0 Å². The molecule has 0 spiro atoms. The first kappa shape index (κ1) is 24.1. The second-order valence-electron chi connectivity index (χ2n) is 6.70. The van der Waals surface area contributed by atoms with Crippen LogP contribution in [0.5, 0.6) is 0 Å². The van der Waals surface area contributed by atoms with Gasteiger partial charge in [-0.05, 0) is 44.4 Å². The van der Waals surface area contributed by atoms with Gasteiger partial charge < -0.3 is 15.4 Å². The summed E-state index contributed by atoms with van der Waals surface area (Å²) in [7, 11) is -0.125. The highest BCUT2D eigenvalue weighted by Gasteiger charge is 2.22. The number of halogens is 1. The van der Waals surface area contributed by atoms with Gasteiger partial charge in [0.2, 0.25) is 10.0 Å². The summed E-state index contributed by atoms with van der Waals surface area (Å²) in [5, 5.41) is 6.49. The summed E-state index contributed by atoms with van der Waals surface area (Å²) in [5.41, 5.74) is 0.983. The van der Waals surface area contributed by atoms with Crippen molar-refractivity contribution in [3.8, 4) is 0 Å². The Morgan fingerprint density at radius 1 is 1.30 bits per heavy atom. The summed E-state index contributed by atoms with van der Waals surface area (Å²) in [5.74, 6) is 0.705. The van der Waals surface area contributed by atoms with Crippen LogP contribution in [0.2, 0.25) is 0 Å². The Morgan fingerprint density at radius 3 is 2.48 bits per heavy atom. The molecule has 1 atom stereocenters. The van der Waals surface area contributed by atoms with Gasteiger partial charge in [-0.3, -0.25) is 4.99 Å². The van der Waals surface area contributed by atoms with Gasteiger partial charge >= 0.3 is 0 Å². The molecular formula is C18H31IN4O3S. The Morgan fingerprint density at radius 2 is 1.96 bits per heavy atom. The number of benzene rings is 1. The molecule has 0 aliphatic carbocycles. The Labute approximate surface area is 180 Å². The minimum atomic E-state index is -3.45. The molecule has 1 unspecified atom stereocenters. The van der Waals surface area contributed by atoms with E-state index in [1.807, 2.05) is 26.0 Å². The minimum absolute atomic E-state index is 0. The average Bonchev–Trinajstić information content (AvgIpc) is 3.15. The third-order valence-electron chi connectivity index (χ3n) is 4.53. The van der Waals surface area contributed by atoms with Crippen molar-refractivity contribution in [2.45, 2.75) is 50.3 Å². The minimum Gasteiger partial charge on any atom is -0.376 e. The second-order valence-corrected chi connectivity index (χ2v) is 8.70. The van der Waals surface area contributed by atoms with Crippen molar-refractivity contribution in [1.82, 2.24) is 14.9 Å². The molecule has 1 saturated heterocycles. The smallest absolute Gasteiger partial charge is 0.243 e. The molecule has 1 aliphatic rings. The Bertz CT molecular complexity index is 702. The lowest BCUT2D eigenvalue weighted by Gasteiger charge is -2.21. The van der Waals surface area contributed by atoms with E-state index in [4.69, 9.17) is 4.74 Å². The molecule has 0 amide bonds. The van der Waals surface area contributed by atoms with Gasteiger partial charge in [0.15, 0.2) is 5.96 Å². The lowest BCUT2D eigenvalue weighted by molar-refractivity contribution is 0.114. The number of nitrogens with one attached hydrogen (secondary N) is 2. The van der Waals surface area contributed by atoms with Crippen molar-refractivity contribution in [3.63, 3.8) is 0 Å². The largest absolute Gasteiger partial charge is 0.376 e. The zero-order valence-electron chi connectivity index (χ0n) is 16.4. The Hall–Kier alpha value is -0.910. The molecule has 1 fully saturated rings. The van der Waals surface area contributed by atoms with Crippen LogP contribution < -0.4 is 10.6 Å². The first-order chi connectivity index (χ1) is 12.3. The Kier molecular flexibility index (Phi) is 9.99. The van der Waals surface area contributed by atoms with Crippen molar-refractivity contribution in [2.75, 3.05) is 27.2 Å². The second kappa shape index (κ2) is 11.2. The molecule has 0 saturated carbocycles. The summed E-state index contributed by atoms with van der Waals surface area (Å²) in [6.07, 6.45) is 2.43. The van der Waals surface area contributed by atoms with Crippen molar-refractivity contribution in [3.05, 3.63) is 29.8 Å². The van der Waals surface area contributed by atoms with Crippen LogP contribution in [0.3, 0.4) is 0 Å². The third-order valence-corrected chi connectivity index (χ3v) is 6.58. The van der Waals surface area contributed by atoms with E-state index in [1.165, 1.54) is 4.31 Å². The summed E-state index contributed by atoms with van der Waals surface area (Å²) in [6.45, 7) is 5.83.